The average Bonchev–Trinajstić information content (AvgIpc) is 2.46. The Bertz CT molecular complexity index is 609. The smallest absolute Gasteiger partial charge is 0.320 e. The van der Waals surface area contributed by atoms with Gasteiger partial charge in [-0.05, 0) is 43.5 Å². The minimum atomic E-state index is -0.368. The van der Waals surface area contributed by atoms with E-state index in [1.807, 2.05) is 50.2 Å². The van der Waals surface area contributed by atoms with Crippen LogP contribution in [0, 0.1) is 13.8 Å². The minimum Gasteiger partial charge on any atom is -0.394 e. The first-order chi connectivity index (χ1) is 10.6. The van der Waals surface area contributed by atoms with E-state index in [1.165, 1.54) is 0 Å². The number of nitrogens with one attached hydrogen (secondary N) is 2. The summed E-state index contributed by atoms with van der Waals surface area (Å²) in [5, 5.41) is 14.9. The first-order valence-corrected chi connectivity index (χ1v) is 7.24. The third kappa shape index (κ3) is 4.86. The third-order valence-corrected chi connectivity index (χ3v) is 3.22. The van der Waals surface area contributed by atoms with E-state index in [2.05, 4.69) is 15.6 Å². The van der Waals surface area contributed by atoms with Crippen LogP contribution in [0.5, 0.6) is 0 Å². The van der Waals surface area contributed by atoms with Crippen molar-refractivity contribution in [1.82, 2.24) is 10.3 Å². The molecule has 0 aliphatic rings. The van der Waals surface area contributed by atoms with Gasteiger partial charge in [0.15, 0.2) is 0 Å². The fraction of sp³-hybridized carbons (Fsp3) is 0.294. The molecule has 5 nitrogen and oxygen atoms in total. The van der Waals surface area contributed by atoms with Crippen LogP contribution in [0.3, 0.4) is 0 Å². The molecule has 0 fully saturated rings. The van der Waals surface area contributed by atoms with Crippen molar-refractivity contribution in [3.63, 3.8) is 0 Å². The number of aliphatic hydroxyl groups is 1. The number of nitrogens with zero attached hydrogens (tertiary/aromatic N) is 1. The minimum absolute atomic E-state index is 0.122. The number of amides is 2. The van der Waals surface area contributed by atoms with Crippen molar-refractivity contribution in [3.8, 4) is 0 Å². The molecule has 0 aliphatic heterocycles. The Kier molecular flexibility index (Phi) is 5.49. The largest absolute Gasteiger partial charge is 0.394 e. The van der Waals surface area contributed by atoms with Crippen LogP contribution < -0.4 is 10.6 Å². The molecule has 1 aromatic heterocycles. The van der Waals surface area contributed by atoms with Crippen LogP contribution in [0.1, 0.15) is 16.8 Å². The van der Waals surface area contributed by atoms with Gasteiger partial charge in [-0.2, -0.15) is 0 Å². The number of benzene rings is 1. The predicted molar refractivity (Wildman–Crippen MR) is 86.9 cm³/mol. The van der Waals surface area contributed by atoms with Crippen LogP contribution in [0.4, 0.5) is 10.6 Å². The summed E-state index contributed by atoms with van der Waals surface area (Å²) >= 11 is 0. The molecule has 5 heteroatoms. The molecule has 1 aromatic carbocycles. The van der Waals surface area contributed by atoms with Crippen molar-refractivity contribution >= 4 is 11.8 Å². The molecule has 0 unspecified atom stereocenters. The highest BCUT2D eigenvalue weighted by Gasteiger charge is 2.12. The summed E-state index contributed by atoms with van der Waals surface area (Å²) in [6.45, 7) is 3.70. The molecule has 3 N–H and O–H groups in total. The van der Waals surface area contributed by atoms with Crippen molar-refractivity contribution in [2.45, 2.75) is 26.3 Å². The molecule has 0 spiro atoms. The Morgan fingerprint density at radius 1 is 1.23 bits per heavy atom. The summed E-state index contributed by atoms with van der Waals surface area (Å²) < 4.78 is 0. The van der Waals surface area contributed by atoms with Crippen LogP contribution >= 0.6 is 0 Å². The lowest BCUT2D eigenvalue weighted by atomic mass is 10.1. The molecule has 2 rings (SSSR count). The van der Waals surface area contributed by atoms with Gasteiger partial charge in [0.1, 0.15) is 5.82 Å². The maximum Gasteiger partial charge on any atom is 0.320 e. The van der Waals surface area contributed by atoms with Crippen LogP contribution in [-0.2, 0) is 6.42 Å². The lowest BCUT2D eigenvalue weighted by Gasteiger charge is -2.17. The molecular weight excluding hydrogens is 278 g/mol. The fourth-order valence-corrected chi connectivity index (χ4v) is 2.30. The highest BCUT2D eigenvalue weighted by Crippen LogP contribution is 2.09. The van der Waals surface area contributed by atoms with E-state index in [9.17, 15) is 9.90 Å². The number of aliphatic hydroxyl groups excluding tert-OH is 1. The SMILES string of the molecule is Cc1cc(C)nc(NC(=O)N[C@H](CO)Cc2ccccc2)c1. The summed E-state index contributed by atoms with van der Waals surface area (Å²) in [5.41, 5.74) is 2.94. The van der Waals surface area contributed by atoms with Gasteiger partial charge in [0.25, 0.3) is 0 Å². The summed E-state index contributed by atoms with van der Waals surface area (Å²) in [6.07, 6.45) is 0.574. The van der Waals surface area contributed by atoms with Gasteiger partial charge in [0.2, 0.25) is 0 Å². The van der Waals surface area contributed by atoms with Crippen molar-refractivity contribution in [1.29, 1.82) is 0 Å². The lowest BCUT2D eigenvalue weighted by molar-refractivity contribution is 0.224. The van der Waals surface area contributed by atoms with Gasteiger partial charge in [-0.15, -0.1) is 0 Å². The number of pyridine rings is 1. The van der Waals surface area contributed by atoms with E-state index in [0.29, 0.717) is 12.2 Å². The van der Waals surface area contributed by atoms with E-state index in [1.54, 1.807) is 6.07 Å². The lowest BCUT2D eigenvalue weighted by Crippen LogP contribution is -2.41. The van der Waals surface area contributed by atoms with Gasteiger partial charge in [0, 0.05) is 5.69 Å². The van der Waals surface area contributed by atoms with E-state index < -0.39 is 0 Å². The number of carbonyl (C=O) groups excluding carboxylic acids is 1. The molecule has 2 aromatic rings. The number of carbonyl (C=O) groups is 1. The second-order valence-electron chi connectivity index (χ2n) is 5.34. The maximum atomic E-state index is 12.0. The summed E-state index contributed by atoms with van der Waals surface area (Å²) in [5.74, 6) is 0.506. The molecule has 116 valence electrons. The Morgan fingerprint density at radius 2 is 1.95 bits per heavy atom. The second-order valence-corrected chi connectivity index (χ2v) is 5.34. The number of aromatic nitrogens is 1. The van der Waals surface area contributed by atoms with Gasteiger partial charge >= 0.3 is 6.03 Å². The number of hydrogen-bond donors (Lipinski definition) is 3. The Labute approximate surface area is 130 Å². The number of anilines is 1. The molecule has 0 aliphatic carbocycles. The fourth-order valence-electron chi connectivity index (χ4n) is 2.30. The van der Waals surface area contributed by atoms with Crippen LogP contribution in [-0.4, -0.2) is 28.8 Å². The maximum absolute atomic E-state index is 12.0. The molecule has 1 heterocycles. The molecule has 2 amide bonds. The molecule has 1 atom stereocenters. The van der Waals surface area contributed by atoms with Gasteiger partial charge < -0.3 is 10.4 Å². The van der Waals surface area contributed by atoms with Crippen molar-refractivity contribution in [2.75, 3.05) is 11.9 Å². The van der Waals surface area contributed by atoms with Crippen LogP contribution in [0.15, 0.2) is 42.5 Å². The zero-order valence-corrected chi connectivity index (χ0v) is 12.8. The Hall–Kier alpha value is -2.40. The normalized spacial score (nSPS) is 11.8. The monoisotopic (exact) mass is 299 g/mol. The molecule has 0 radical (unpaired) electrons. The first-order valence-electron chi connectivity index (χ1n) is 7.24. The van der Waals surface area contributed by atoms with Gasteiger partial charge in [-0.25, -0.2) is 9.78 Å². The van der Waals surface area contributed by atoms with E-state index in [-0.39, 0.29) is 18.7 Å². The standard InChI is InChI=1S/C17H21N3O2/c1-12-8-13(2)18-16(9-12)20-17(22)19-15(11-21)10-14-6-4-3-5-7-14/h3-9,15,21H,10-11H2,1-2H3,(H2,18,19,20,22)/t15-/m0/s1. The van der Waals surface area contributed by atoms with Gasteiger partial charge in [0.05, 0.1) is 12.6 Å². The quantitative estimate of drug-likeness (QED) is 0.794. The summed E-state index contributed by atoms with van der Waals surface area (Å²) in [4.78, 5) is 16.3. The van der Waals surface area contributed by atoms with Crippen molar-refractivity contribution in [2.24, 2.45) is 0 Å². The van der Waals surface area contributed by atoms with Crippen molar-refractivity contribution in [3.05, 3.63) is 59.3 Å². The molecule has 22 heavy (non-hydrogen) atoms. The average molecular weight is 299 g/mol. The van der Waals surface area contributed by atoms with Gasteiger partial charge in [-0.3, -0.25) is 5.32 Å². The summed E-state index contributed by atoms with van der Waals surface area (Å²) in [6, 6.07) is 12.8. The number of hydrogen-bond acceptors (Lipinski definition) is 3. The predicted octanol–water partition coefficient (Wildman–Crippen LogP) is 2.42. The first kappa shape index (κ1) is 16.0. The van der Waals surface area contributed by atoms with E-state index >= 15 is 0 Å². The summed E-state index contributed by atoms with van der Waals surface area (Å²) in [7, 11) is 0. The number of rotatable bonds is 5. The zero-order chi connectivity index (χ0) is 15.9. The Balaban J connectivity index is 1.94. The highest BCUT2D eigenvalue weighted by molar-refractivity contribution is 5.88. The molecule has 0 saturated heterocycles. The van der Waals surface area contributed by atoms with Crippen molar-refractivity contribution < 1.29 is 9.90 Å². The topological polar surface area (TPSA) is 74.2 Å². The Morgan fingerprint density at radius 3 is 2.59 bits per heavy atom. The highest BCUT2D eigenvalue weighted by atomic mass is 16.3. The van der Waals surface area contributed by atoms with E-state index in [0.717, 1.165) is 16.8 Å². The number of aryl methyl sites for hydroxylation is 2. The second kappa shape index (κ2) is 7.56. The zero-order valence-electron chi connectivity index (χ0n) is 12.8. The molecule has 0 saturated carbocycles. The van der Waals surface area contributed by atoms with Gasteiger partial charge in [-0.1, -0.05) is 30.3 Å². The number of urea groups is 1. The molecule has 0 bridgehead atoms. The van der Waals surface area contributed by atoms with Crippen LogP contribution in [0.2, 0.25) is 0 Å². The third-order valence-electron chi connectivity index (χ3n) is 3.22. The van der Waals surface area contributed by atoms with Crippen LogP contribution in [0.25, 0.3) is 0 Å². The molecular formula is C17H21N3O2. The van der Waals surface area contributed by atoms with E-state index in [4.69, 9.17) is 0 Å².